The summed E-state index contributed by atoms with van der Waals surface area (Å²) in [6.07, 6.45) is 7.21. The SMILES string of the molecule is OCC(NC1C2CC3CC(C2)CC1C3)c1ccccc1. The molecule has 0 saturated heterocycles. The smallest absolute Gasteiger partial charge is 0.0626 e. The molecule has 1 atom stereocenters. The minimum atomic E-state index is 0.110. The van der Waals surface area contributed by atoms with Crippen molar-refractivity contribution in [3.63, 3.8) is 0 Å². The van der Waals surface area contributed by atoms with Gasteiger partial charge in [0.2, 0.25) is 0 Å². The number of benzene rings is 1. The lowest BCUT2D eigenvalue weighted by molar-refractivity contribution is -0.0202. The topological polar surface area (TPSA) is 32.3 Å². The molecule has 2 nitrogen and oxygen atoms in total. The van der Waals surface area contributed by atoms with Crippen LogP contribution in [0.4, 0.5) is 0 Å². The zero-order valence-electron chi connectivity index (χ0n) is 12.0. The number of hydrogen-bond acceptors (Lipinski definition) is 2. The molecule has 4 saturated carbocycles. The molecule has 0 aromatic heterocycles. The van der Waals surface area contributed by atoms with Gasteiger partial charge >= 0.3 is 0 Å². The van der Waals surface area contributed by atoms with Gasteiger partial charge in [0, 0.05) is 6.04 Å². The molecule has 1 unspecified atom stereocenters. The van der Waals surface area contributed by atoms with Crippen LogP contribution in [0.2, 0.25) is 0 Å². The van der Waals surface area contributed by atoms with Crippen LogP contribution in [-0.4, -0.2) is 17.8 Å². The summed E-state index contributed by atoms with van der Waals surface area (Å²) in [4.78, 5) is 0. The summed E-state index contributed by atoms with van der Waals surface area (Å²) >= 11 is 0. The maximum absolute atomic E-state index is 9.77. The molecule has 20 heavy (non-hydrogen) atoms. The molecular formula is C18H25NO. The van der Waals surface area contributed by atoms with E-state index in [0.717, 1.165) is 23.7 Å². The quantitative estimate of drug-likeness (QED) is 0.882. The van der Waals surface area contributed by atoms with Crippen LogP contribution >= 0.6 is 0 Å². The number of hydrogen-bond donors (Lipinski definition) is 2. The summed E-state index contributed by atoms with van der Waals surface area (Å²) in [6, 6.07) is 11.2. The minimum absolute atomic E-state index is 0.110. The summed E-state index contributed by atoms with van der Waals surface area (Å²) < 4.78 is 0. The first-order valence-electron chi connectivity index (χ1n) is 8.25. The highest BCUT2D eigenvalue weighted by atomic mass is 16.3. The Morgan fingerprint density at radius 3 is 2.10 bits per heavy atom. The standard InChI is InChI=1S/C18H25NO/c20-11-17(14-4-2-1-3-5-14)19-18-15-7-12-6-13(9-15)10-16(18)8-12/h1-5,12-13,15-20H,6-11H2. The Morgan fingerprint density at radius 1 is 0.950 bits per heavy atom. The average Bonchev–Trinajstić information content (AvgIpc) is 2.47. The van der Waals surface area contributed by atoms with Crippen LogP contribution in [0.1, 0.15) is 43.7 Å². The van der Waals surface area contributed by atoms with Gasteiger partial charge < -0.3 is 10.4 Å². The molecule has 0 amide bonds. The number of nitrogens with one attached hydrogen (secondary N) is 1. The van der Waals surface area contributed by atoms with Crippen LogP contribution in [0.3, 0.4) is 0 Å². The molecule has 2 N–H and O–H groups in total. The van der Waals surface area contributed by atoms with Gasteiger partial charge in [-0.1, -0.05) is 30.3 Å². The van der Waals surface area contributed by atoms with Gasteiger partial charge in [0.15, 0.2) is 0 Å². The summed E-state index contributed by atoms with van der Waals surface area (Å²) in [5.74, 6) is 3.76. The first-order chi connectivity index (χ1) is 9.83. The lowest BCUT2D eigenvalue weighted by Crippen LogP contribution is -2.55. The molecule has 4 fully saturated rings. The van der Waals surface area contributed by atoms with Gasteiger partial charge in [-0.05, 0) is 61.3 Å². The Hall–Kier alpha value is -0.860. The zero-order valence-corrected chi connectivity index (χ0v) is 12.0. The van der Waals surface area contributed by atoms with E-state index in [2.05, 4.69) is 29.6 Å². The van der Waals surface area contributed by atoms with E-state index in [1.54, 1.807) is 0 Å². The van der Waals surface area contributed by atoms with E-state index in [1.807, 2.05) is 6.07 Å². The lowest BCUT2D eigenvalue weighted by Gasteiger charge is -2.55. The maximum Gasteiger partial charge on any atom is 0.0626 e. The summed E-state index contributed by atoms with van der Waals surface area (Å²) in [5.41, 5.74) is 1.23. The Morgan fingerprint density at radius 2 is 1.55 bits per heavy atom. The van der Waals surface area contributed by atoms with Crippen LogP contribution in [0.25, 0.3) is 0 Å². The Kier molecular flexibility index (Phi) is 3.31. The van der Waals surface area contributed by atoms with E-state index in [0.29, 0.717) is 6.04 Å². The second kappa shape index (κ2) is 5.16. The molecule has 1 aromatic rings. The molecule has 5 rings (SSSR count). The molecule has 1 aromatic carbocycles. The van der Waals surface area contributed by atoms with Gasteiger partial charge in [-0.3, -0.25) is 0 Å². The van der Waals surface area contributed by atoms with Crippen LogP contribution in [0.15, 0.2) is 30.3 Å². The normalized spacial score (nSPS) is 40.0. The fourth-order valence-electron chi connectivity index (χ4n) is 5.37. The number of rotatable bonds is 4. The van der Waals surface area contributed by atoms with Gasteiger partial charge in [-0.25, -0.2) is 0 Å². The van der Waals surface area contributed by atoms with Gasteiger partial charge in [-0.15, -0.1) is 0 Å². The van der Waals surface area contributed by atoms with Crippen molar-refractivity contribution in [3.8, 4) is 0 Å². The molecule has 4 aliphatic rings. The fraction of sp³-hybridized carbons (Fsp3) is 0.667. The first kappa shape index (κ1) is 12.8. The van der Waals surface area contributed by atoms with Crippen molar-refractivity contribution in [1.82, 2.24) is 5.32 Å². The van der Waals surface area contributed by atoms with Crippen molar-refractivity contribution in [2.75, 3.05) is 6.61 Å². The van der Waals surface area contributed by atoms with Crippen molar-refractivity contribution in [2.24, 2.45) is 23.7 Å². The lowest BCUT2D eigenvalue weighted by atomic mass is 9.54. The third-order valence-corrected chi connectivity index (χ3v) is 6.00. The number of aliphatic hydroxyl groups excluding tert-OH is 1. The Labute approximate surface area is 121 Å². The summed E-state index contributed by atoms with van der Waals surface area (Å²) in [6.45, 7) is 0.201. The van der Waals surface area contributed by atoms with E-state index in [4.69, 9.17) is 0 Å². The van der Waals surface area contributed by atoms with Gasteiger partial charge in [0.1, 0.15) is 0 Å². The van der Waals surface area contributed by atoms with Crippen LogP contribution < -0.4 is 5.32 Å². The predicted octanol–water partition coefficient (Wildman–Crippen LogP) is 3.13. The Balaban J connectivity index is 1.50. The molecule has 0 spiro atoms. The van der Waals surface area contributed by atoms with E-state index in [9.17, 15) is 5.11 Å². The maximum atomic E-state index is 9.77. The molecule has 4 aliphatic carbocycles. The zero-order chi connectivity index (χ0) is 13.5. The van der Waals surface area contributed by atoms with Crippen molar-refractivity contribution >= 4 is 0 Å². The van der Waals surface area contributed by atoms with Crippen molar-refractivity contribution in [1.29, 1.82) is 0 Å². The van der Waals surface area contributed by atoms with Crippen molar-refractivity contribution in [3.05, 3.63) is 35.9 Å². The van der Waals surface area contributed by atoms with Gasteiger partial charge in [0.05, 0.1) is 12.6 Å². The Bertz CT molecular complexity index is 430. The molecule has 4 bridgehead atoms. The second-order valence-corrected chi connectivity index (χ2v) is 7.27. The highest BCUT2D eigenvalue weighted by Crippen LogP contribution is 2.54. The van der Waals surface area contributed by atoms with E-state index in [-0.39, 0.29) is 12.6 Å². The van der Waals surface area contributed by atoms with Crippen LogP contribution in [0.5, 0.6) is 0 Å². The average molecular weight is 271 g/mol. The van der Waals surface area contributed by atoms with Gasteiger partial charge in [-0.2, -0.15) is 0 Å². The molecule has 0 aliphatic heterocycles. The van der Waals surface area contributed by atoms with Crippen LogP contribution in [-0.2, 0) is 0 Å². The second-order valence-electron chi connectivity index (χ2n) is 7.27. The van der Waals surface area contributed by atoms with E-state index >= 15 is 0 Å². The third-order valence-electron chi connectivity index (χ3n) is 6.00. The van der Waals surface area contributed by atoms with Crippen molar-refractivity contribution in [2.45, 2.75) is 44.2 Å². The predicted molar refractivity (Wildman–Crippen MR) is 80.2 cm³/mol. The first-order valence-corrected chi connectivity index (χ1v) is 8.25. The van der Waals surface area contributed by atoms with Crippen LogP contribution in [0, 0.1) is 23.7 Å². The molecule has 0 radical (unpaired) electrons. The number of aliphatic hydroxyl groups is 1. The van der Waals surface area contributed by atoms with Crippen molar-refractivity contribution < 1.29 is 5.11 Å². The molecular weight excluding hydrogens is 246 g/mol. The third kappa shape index (κ3) is 2.19. The highest BCUT2D eigenvalue weighted by molar-refractivity contribution is 5.19. The van der Waals surface area contributed by atoms with E-state index < -0.39 is 0 Å². The molecule has 2 heteroatoms. The molecule has 108 valence electrons. The van der Waals surface area contributed by atoms with Gasteiger partial charge in [0.25, 0.3) is 0 Å². The largest absolute Gasteiger partial charge is 0.394 e. The monoisotopic (exact) mass is 271 g/mol. The minimum Gasteiger partial charge on any atom is -0.394 e. The highest BCUT2D eigenvalue weighted by Gasteiger charge is 2.48. The molecule has 0 heterocycles. The summed E-state index contributed by atoms with van der Waals surface area (Å²) in [7, 11) is 0. The van der Waals surface area contributed by atoms with E-state index in [1.165, 1.54) is 37.7 Å². The fourth-order valence-corrected chi connectivity index (χ4v) is 5.37. The summed E-state index contributed by atoms with van der Waals surface area (Å²) in [5, 5.41) is 13.6.